The van der Waals surface area contributed by atoms with E-state index in [9.17, 15) is 8.78 Å². The van der Waals surface area contributed by atoms with Crippen LogP contribution in [0.3, 0.4) is 0 Å². The Morgan fingerprint density at radius 2 is 1.88 bits per heavy atom. The quantitative estimate of drug-likeness (QED) is 0.427. The van der Waals surface area contributed by atoms with Crippen molar-refractivity contribution < 1.29 is 8.78 Å². The number of nitrogens with zero attached hydrogens (tertiary/aromatic N) is 6. The van der Waals surface area contributed by atoms with Gasteiger partial charge in [0.25, 0.3) is 0 Å². The highest BCUT2D eigenvalue weighted by Gasteiger charge is 2.30. The van der Waals surface area contributed by atoms with Crippen LogP contribution in [0.1, 0.15) is 44.0 Å². The maximum atomic E-state index is 14.1. The Morgan fingerprint density at radius 3 is 2.64 bits per heavy atom. The number of halogens is 2. The van der Waals surface area contributed by atoms with E-state index in [0.29, 0.717) is 41.2 Å². The maximum Gasteiger partial charge on any atom is 0.230 e. The van der Waals surface area contributed by atoms with Gasteiger partial charge in [0.1, 0.15) is 11.3 Å². The van der Waals surface area contributed by atoms with E-state index in [1.165, 1.54) is 6.07 Å². The van der Waals surface area contributed by atoms with E-state index in [0.717, 1.165) is 43.2 Å². The second-order valence-corrected chi connectivity index (χ2v) is 9.13. The number of nitrogens with one attached hydrogen (secondary N) is 3. The van der Waals surface area contributed by atoms with Crippen LogP contribution in [0.2, 0.25) is 0 Å². The molecular weight excluding hydrogens is 428 g/mol. The van der Waals surface area contributed by atoms with Gasteiger partial charge < -0.3 is 20.5 Å². The summed E-state index contributed by atoms with van der Waals surface area (Å²) in [6.45, 7) is 6.16. The van der Waals surface area contributed by atoms with Gasteiger partial charge in [0.15, 0.2) is 17.3 Å². The van der Waals surface area contributed by atoms with Crippen molar-refractivity contribution in [3.8, 4) is 0 Å². The first-order valence-corrected chi connectivity index (χ1v) is 11.3. The lowest BCUT2D eigenvalue weighted by Gasteiger charge is -2.36. The van der Waals surface area contributed by atoms with E-state index >= 15 is 0 Å². The molecule has 11 heteroatoms. The Balaban J connectivity index is 1.35. The summed E-state index contributed by atoms with van der Waals surface area (Å²) < 4.78 is 29.3. The highest BCUT2D eigenvalue weighted by molar-refractivity contribution is 5.75. The van der Waals surface area contributed by atoms with Crippen molar-refractivity contribution in [1.82, 2.24) is 34.9 Å². The zero-order chi connectivity index (χ0) is 22.7. The van der Waals surface area contributed by atoms with Gasteiger partial charge in [-0.25, -0.2) is 13.8 Å². The highest BCUT2D eigenvalue weighted by Crippen LogP contribution is 2.42. The van der Waals surface area contributed by atoms with Crippen LogP contribution in [0.25, 0.3) is 16.7 Å². The molecule has 2 atom stereocenters. The number of fused-ring (bicyclic) bond motifs is 2. The first-order chi connectivity index (χ1) is 16.0. The molecule has 2 aliphatic rings. The van der Waals surface area contributed by atoms with Crippen LogP contribution < -0.4 is 15.5 Å². The van der Waals surface area contributed by atoms with Crippen molar-refractivity contribution in [2.75, 3.05) is 23.3 Å². The van der Waals surface area contributed by atoms with Gasteiger partial charge in [-0.05, 0) is 44.7 Å². The predicted molar refractivity (Wildman–Crippen MR) is 120 cm³/mol. The van der Waals surface area contributed by atoms with Gasteiger partial charge in [-0.3, -0.25) is 0 Å². The van der Waals surface area contributed by atoms with Crippen LogP contribution in [0.4, 0.5) is 20.7 Å². The Morgan fingerprint density at radius 1 is 1.09 bits per heavy atom. The van der Waals surface area contributed by atoms with Crippen LogP contribution in [0.5, 0.6) is 0 Å². The van der Waals surface area contributed by atoms with Crippen LogP contribution in [-0.4, -0.2) is 54.7 Å². The predicted octanol–water partition coefficient (Wildman–Crippen LogP) is 2.95. The number of H-pyrrole nitrogens is 1. The molecule has 1 aliphatic carbocycles. The smallest absolute Gasteiger partial charge is 0.230 e. The molecule has 3 aromatic heterocycles. The molecule has 0 unspecified atom stereocenters. The molecule has 33 heavy (non-hydrogen) atoms. The molecule has 1 aromatic carbocycles. The number of imidazole rings is 1. The van der Waals surface area contributed by atoms with Gasteiger partial charge in [-0.2, -0.15) is 19.6 Å². The maximum absolute atomic E-state index is 14.1. The van der Waals surface area contributed by atoms with Crippen molar-refractivity contribution in [3.05, 3.63) is 41.4 Å². The van der Waals surface area contributed by atoms with Gasteiger partial charge in [-0.1, -0.05) is 0 Å². The number of aromatic amines is 1. The number of anilines is 2. The van der Waals surface area contributed by atoms with Gasteiger partial charge in [-0.15, -0.1) is 0 Å². The van der Waals surface area contributed by atoms with Crippen molar-refractivity contribution in [2.45, 2.75) is 51.2 Å². The van der Waals surface area contributed by atoms with E-state index in [2.05, 4.69) is 44.4 Å². The highest BCUT2D eigenvalue weighted by atomic mass is 19.2. The Hall–Kier alpha value is -3.34. The van der Waals surface area contributed by atoms with Gasteiger partial charge in [0.2, 0.25) is 11.9 Å². The average Bonchev–Trinajstić information content (AvgIpc) is 3.39. The minimum Gasteiger partial charge on any atom is -0.347 e. The monoisotopic (exact) mass is 453 g/mol. The van der Waals surface area contributed by atoms with Crippen LogP contribution in [-0.2, 0) is 6.54 Å². The molecule has 0 spiro atoms. The van der Waals surface area contributed by atoms with Crippen LogP contribution >= 0.6 is 0 Å². The standard InChI is InChI=1S/C22H25F2N9/c1-11-9-32(10-12(2)27-11)22-30-20-14(13-3-4-13)7-26-33(20)21(31-22)25-8-17-28-16-6-5-15(23)18(24)19(16)29-17/h5-7,11-13,27H,3-4,8-10H2,1-2H3,(H,28,29)(H,25,30,31)/t11-,12+. The van der Waals surface area contributed by atoms with Gasteiger partial charge in [0.05, 0.1) is 18.3 Å². The molecule has 1 aliphatic heterocycles. The van der Waals surface area contributed by atoms with E-state index in [1.807, 2.05) is 6.20 Å². The lowest BCUT2D eigenvalue weighted by Crippen LogP contribution is -2.54. The van der Waals surface area contributed by atoms with Crippen molar-refractivity contribution >= 4 is 28.6 Å². The molecule has 0 amide bonds. The minimum absolute atomic E-state index is 0.0146. The molecule has 1 saturated carbocycles. The minimum atomic E-state index is -0.954. The molecule has 4 aromatic rings. The third kappa shape index (κ3) is 3.65. The number of rotatable bonds is 5. The van der Waals surface area contributed by atoms with E-state index in [4.69, 9.17) is 9.97 Å². The fourth-order valence-electron chi connectivity index (χ4n) is 4.63. The number of hydrogen-bond acceptors (Lipinski definition) is 7. The fourth-order valence-corrected chi connectivity index (χ4v) is 4.63. The van der Waals surface area contributed by atoms with Crippen LogP contribution in [0.15, 0.2) is 18.3 Å². The molecular formula is C22H25F2N9. The third-order valence-corrected chi connectivity index (χ3v) is 6.25. The normalized spacial score (nSPS) is 21.3. The Kier molecular flexibility index (Phi) is 4.68. The SMILES string of the molecule is C[C@@H]1CN(c2nc(NCc3nc4c(F)c(F)ccc4[nH]3)n3ncc(C4CC4)c3n2)C[C@H](C)N1. The largest absolute Gasteiger partial charge is 0.347 e. The molecule has 2 fully saturated rings. The molecule has 3 N–H and O–H groups in total. The molecule has 172 valence electrons. The van der Waals surface area contributed by atoms with E-state index in [1.54, 1.807) is 4.52 Å². The van der Waals surface area contributed by atoms with Gasteiger partial charge in [0, 0.05) is 30.7 Å². The summed E-state index contributed by atoms with van der Waals surface area (Å²) in [5, 5.41) is 11.3. The van der Waals surface area contributed by atoms with E-state index in [-0.39, 0.29) is 12.1 Å². The topological polar surface area (TPSA) is 99.1 Å². The molecule has 0 radical (unpaired) electrons. The molecule has 9 nitrogen and oxygen atoms in total. The summed E-state index contributed by atoms with van der Waals surface area (Å²) in [7, 11) is 0. The van der Waals surface area contributed by atoms with Crippen LogP contribution in [0, 0.1) is 11.6 Å². The second kappa shape index (κ2) is 7.62. The second-order valence-electron chi connectivity index (χ2n) is 9.13. The molecule has 6 rings (SSSR count). The average molecular weight is 454 g/mol. The molecule has 1 saturated heterocycles. The summed E-state index contributed by atoms with van der Waals surface area (Å²) in [4.78, 5) is 19.1. The fraction of sp³-hybridized carbons (Fsp3) is 0.455. The van der Waals surface area contributed by atoms with Crippen molar-refractivity contribution in [3.63, 3.8) is 0 Å². The lowest BCUT2D eigenvalue weighted by molar-refractivity contribution is 0.403. The van der Waals surface area contributed by atoms with E-state index < -0.39 is 11.6 Å². The summed E-state index contributed by atoms with van der Waals surface area (Å²) in [6.07, 6.45) is 4.16. The van der Waals surface area contributed by atoms with Gasteiger partial charge >= 0.3 is 0 Å². The zero-order valence-corrected chi connectivity index (χ0v) is 18.4. The Labute approximate surface area is 188 Å². The number of piperazine rings is 1. The number of hydrogen-bond donors (Lipinski definition) is 3. The number of aromatic nitrogens is 6. The first kappa shape index (κ1) is 20.3. The van der Waals surface area contributed by atoms with Crippen molar-refractivity contribution in [1.29, 1.82) is 0 Å². The third-order valence-electron chi connectivity index (χ3n) is 6.25. The summed E-state index contributed by atoms with van der Waals surface area (Å²) in [5.74, 6) is 0.288. The molecule has 0 bridgehead atoms. The summed E-state index contributed by atoms with van der Waals surface area (Å²) in [6, 6.07) is 3.21. The molecule has 4 heterocycles. The Bertz CT molecular complexity index is 1330. The zero-order valence-electron chi connectivity index (χ0n) is 18.4. The summed E-state index contributed by atoms with van der Waals surface area (Å²) in [5.41, 5.74) is 2.37. The lowest BCUT2D eigenvalue weighted by atomic mass is 10.1. The summed E-state index contributed by atoms with van der Waals surface area (Å²) >= 11 is 0. The first-order valence-electron chi connectivity index (χ1n) is 11.3. The number of benzene rings is 1. The van der Waals surface area contributed by atoms with Crippen molar-refractivity contribution in [2.24, 2.45) is 0 Å².